The topological polar surface area (TPSA) is 87.3 Å². The molecule has 0 radical (unpaired) electrons. The van der Waals surface area contributed by atoms with Gasteiger partial charge in [0.05, 0.1) is 0 Å². The van der Waals surface area contributed by atoms with E-state index in [0.717, 1.165) is 6.54 Å². The SMILES string of the molecule is CCNCCC(=O)NC1CCC(=O)NC1=O. The highest BCUT2D eigenvalue weighted by molar-refractivity contribution is 6.01. The Hall–Kier alpha value is -1.43. The van der Waals surface area contributed by atoms with Crippen LogP contribution in [0.25, 0.3) is 0 Å². The Morgan fingerprint density at radius 2 is 2.25 bits per heavy atom. The summed E-state index contributed by atoms with van der Waals surface area (Å²) in [6.45, 7) is 3.36. The predicted octanol–water partition coefficient (Wildman–Crippen LogP) is -1.09. The maximum Gasteiger partial charge on any atom is 0.249 e. The molecule has 0 aromatic rings. The van der Waals surface area contributed by atoms with Crippen molar-refractivity contribution in [3.63, 3.8) is 0 Å². The summed E-state index contributed by atoms with van der Waals surface area (Å²) in [4.78, 5) is 33.6. The van der Waals surface area contributed by atoms with E-state index in [1.54, 1.807) is 0 Å². The molecule has 1 unspecified atom stereocenters. The third-order valence-corrected chi connectivity index (χ3v) is 2.35. The molecule has 6 nitrogen and oxygen atoms in total. The van der Waals surface area contributed by atoms with Gasteiger partial charge in [-0.05, 0) is 13.0 Å². The summed E-state index contributed by atoms with van der Waals surface area (Å²) >= 11 is 0. The average Bonchev–Trinajstić information content (AvgIpc) is 2.23. The van der Waals surface area contributed by atoms with Crippen molar-refractivity contribution in [2.45, 2.75) is 32.2 Å². The third-order valence-electron chi connectivity index (χ3n) is 2.35. The van der Waals surface area contributed by atoms with Crippen LogP contribution >= 0.6 is 0 Å². The van der Waals surface area contributed by atoms with E-state index >= 15 is 0 Å². The van der Waals surface area contributed by atoms with E-state index in [9.17, 15) is 14.4 Å². The molecule has 0 bridgehead atoms. The van der Waals surface area contributed by atoms with E-state index < -0.39 is 11.9 Å². The fourth-order valence-electron chi connectivity index (χ4n) is 1.48. The number of hydrogen-bond donors (Lipinski definition) is 3. The van der Waals surface area contributed by atoms with Gasteiger partial charge < -0.3 is 10.6 Å². The third kappa shape index (κ3) is 3.98. The molecule has 1 fully saturated rings. The largest absolute Gasteiger partial charge is 0.344 e. The first-order valence-electron chi connectivity index (χ1n) is 5.47. The lowest BCUT2D eigenvalue weighted by Gasteiger charge is -2.21. The smallest absolute Gasteiger partial charge is 0.249 e. The van der Waals surface area contributed by atoms with Crippen LogP contribution in [-0.2, 0) is 14.4 Å². The maximum absolute atomic E-state index is 11.4. The molecule has 1 heterocycles. The van der Waals surface area contributed by atoms with Gasteiger partial charge in [-0.15, -0.1) is 0 Å². The molecule has 0 aliphatic carbocycles. The summed E-state index contributed by atoms with van der Waals surface area (Å²) in [5.74, 6) is -0.855. The van der Waals surface area contributed by atoms with Gasteiger partial charge in [0.25, 0.3) is 0 Å². The molecule has 1 aliphatic rings. The summed E-state index contributed by atoms with van der Waals surface area (Å²) in [5, 5.41) is 7.82. The second kappa shape index (κ2) is 6.22. The van der Waals surface area contributed by atoms with E-state index in [2.05, 4.69) is 16.0 Å². The van der Waals surface area contributed by atoms with Crippen LogP contribution in [-0.4, -0.2) is 36.9 Å². The van der Waals surface area contributed by atoms with Gasteiger partial charge in [0, 0.05) is 19.4 Å². The average molecular weight is 227 g/mol. The van der Waals surface area contributed by atoms with Crippen LogP contribution in [0, 0.1) is 0 Å². The molecule has 90 valence electrons. The molecule has 16 heavy (non-hydrogen) atoms. The van der Waals surface area contributed by atoms with Crippen molar-refractivity contribution >= 4 is 17.7 Å². The van der Waals surface area contributed by atoms with Gasteiger partial charge >= 0.3 is 0 Å². The zero-order valence-corrected chi connectivity index (χ0v) is 9.34. The van der Waals surface area contributed by atoms with E-state index in [4.69, 9.17) is 0 Å². The zero-order chi connectivity index (χ0) is 12.0. The first-order valence-corrected chi connectivity index (χ1v) is 5.47. The molecular weight excluding hydrogens is 210 g/mol. The monoisotopic (exact) mass is 227 g/mol. The molecule has 0 spiro atoms. The van der Waals surface area contributed by atoms with Crippen molar-refractivity contribution in [2.24, 2.45) is 0 Å². The van der Waals surface area contributed by atoms with Gasteiger partial charge in [-0.2, -0.15) is 0 Å². The molecule has 1 atom stereocenters. The molecule has 3 amide bonds. The number of imide groups is 1. The number of nitrogens with one attached hydrogen (secondary N) is 3. The van der Waals surface area contributed by atoms with Gasteiger partial charge in [-0.25, -0.2) is 0 Å². The minimum Gasteiger partial charge on any atom is -0.344 e. The zero-order valence-electron chi connectivity index (χ0n) is 9.34. The highest BCUT2D eigenvalue weighted by Gasteiger charge is 2.27. The summed E-state index contributed by atoms with van der Waals surface area (Å²) in [7, 11) is 0. The van der Waals surface area contributed by atoms with Crippen molar-refractivity contribution in [1.82, 2.24) is 16.0 Å². The van der Waals surface area contributed by atoms with Gasteiger partial charge in [0.2, 0.25) is 17.7 Å². The van der Waals surface area contributed by atoms with E-state index in [1.807, 2.05) is 6.92 Å². The van der Waals surface area contributed by atoms with E-state index in [1.165, 1.54) is 0 Å². The lowest BCUT2D eigenvalue weighted by atomic mass is 10.1. The van der Waals surface area contributed by atoms with Crippen molar-refractivity contribution < 1.29 is 14.4 Å². The van der Waals surface area contributed by atoms with E-state index in [-0.39, 0.29) is 18.2 Å². The second-order valence-electron chi connectivity index (χ2n) is 3.67. The molecule has 3 N–H and O–H groups in total. The molecule has 0 aromatic carbocycles. The predicted molar refractivity (Wildman–Crippen MR) is 57.5 cm³/mol. The second-order valence-corrected chi connectivity index (χ2v) is 3.67. The lowest BCUT2D eigenvalue weighted by molar-refractivity contribution is -0.137. The molecule has 0 saturated carbocycles. The van der Waals surface area contributed by atoms with Crippen molar-refractivity contribution in [3.8, 4) is 0 Å². The number of rotatable bonds is 5. The number of carbonyl (C=O) groups is 3. The van der Waals surface area contributed by atoms with Crippen LogP contribution in [0.15, 0.2) is 0 Å². The summed E-state index contributed by atoms with van der Waals surface area (Å²) < 4.78 is 0. The van der Waals surface area contributed by atoms with Gasteiger partial charge in [-0.3, -0.25) is 19.7 Å². The van der Waals surface area contributed by atoms with E-state index in [0.29, 0.717) is 19.4 Å². The first kappa shape index (κ1) is 12.6. The number of hydrogen-bond acceptors (Lipinski definition) is 4. The molecule has 1 aliphatic heterocycles. The summed E-state index contributed by atoms with van der Waals surface area (Å²) in [6, 6.07) is -0.563. The fourth-order valence-corrected chi connectivity index (χ4v) is 1.48. The Balaban J connectivity index is 2.28. The lowest BCUT2D eigenvalue weighted by Crippen LogP contribution is -2.52. The van der Waals surface area contributed by atoms with Crippen LogP contribution in [0.4, 0.5) is 0 Å². The molecular formula is C10H17N3O3. The van der Waals surface area contributed by atoms with Gasteiger partial charge in [0.1, 0.15) is 6.04 Å². The Bertz CT molecular complexity index is 291. The van der Waals surface area contributed by atoms with Crippen LogP contribution in [0.5, 0.6) is 0 Å². The highest BCUT2D eigenvalue weighted by atomic mass is 16.2. The standard InChI is InChI=1S/C10H17N3O3/c1-2-11-6-5-9(15)12-7-3-4-8(14)13-10(7)16/h7,11H,2-6H2,1H3,(H,12,15)(H,13,14,16). The summed E-state index contributed by atoms with van der Waals surface area (Å²) in [6.07, 6.45) is 1.01. The maximum atomic E-state index is 11.4. The first-order chi connectivity index (χ1) is 7.63. The minimum atomic E-state index is -0.563. The van der Waals surface area contributed by atoms with Crippen LogP contribution < -0.4 is 16.0 Å². The molecule has 1 rings (SSSR count). The number of carbonyl (C=O) groups excluding carboxylic acids is 3. The fraction of sp³-hybridized carbons (Fsp3) is 0.700. The van der Waals surface area contributed by atoms with Crippen molar-refractivity contribution in [3.05, 3.63) is 0 Å². The minimum absolute atomic E-state index is 0.171. The quantitative estimate of drug-likeness (QED) is 0.411. The Kier molecular flexibility index (Phi) is 4.91. The van der Waals surface area contributed by atoms with Crippen LogP contribution in [0.2, 0.25) is 0 Å². The highest BCUT2D eigenvalue weighted by Crippen LogP contribution is 2.04. The van der Waals surface area contributed by atoms with Crippen molar-refractivity contribution in [2.75, 3.05) is 13.1 Å². The molecule has 6 heteroatoms. The van der Waals surface area contributed by atoms with Crippen LogP contribution in [0.3, 0.4) is 0 Å². The van der Waals surface area contributed by atoms with Crippen molar-refractivity contribution in [1.29, 1.82) is 0 Å². The number of piperidine rings is 1. The molecule has 0 aromatic heterocycles. The number of amides is 3. The molecule has 1 saturated heterocycles. The van der Waals surface area contributed by atoms with Gasteiger partial charge in [-0.1, -0.05) is 6.92 Å². The Labute approximate surface area is 94.2 Å². The van der Waals surface area contributed by atoms with Gasteiger partial charge in [0.15, 0.2) is 0 Å². The normalized spacial score (nSPS) is 20.4. The Morgan fingerprint density at radius 3 is 2.88 bits per heavy atom. The summed E-state index contributed by atoms with van der Waals surface area (Å²) in [5.41, 5.74) is 0. The van der Waals surface area contributed by atoms with Crippen LogP contribution in [0.1, 0.15) is 26.2 Å². The Morgan fingerprint density at radius 1 is 1.50 bits per heavy atom.